The average Bonchev–Trinajstić information content (AvgIpc) is 2.93. The quantitative estimate of drug-likeness (QED) is 0.269. The Balaban J connectivity index is 0.00000338. The largest absolute Gasteiger partial charge is 0.494 e. The van der Waals surface area contributed by atoms with E-state index in [4.69, 9.17) is 4.74 Å². The molecule has 1 heterocycles. The van der Waals surface area contributed by atoms with Crippen LogP contribution in [0.5, 0.6) is 5.75 Å². The summed E-state index contributed by atoms with van der Waals surface area (Å²) in [5, 5.41) is 11.2. The van der Waals surface area contributed by atoms with Gasteiger partial charge in [0.05, 0.1) is 12.3 Å². The second-order valence-electron chi connectivity index (χ2n) is 5.90. The molecule has 2 rings (SSSR count). The van der Waals surface area contributed by atoms with Crippen LogP contribution >= 0.6 is 24.0 Å². The number of para-hydroxylation sites is 1. The molecule has 6 nitrogen and oxygen atoms in total. The van der Waals surface area contributed by atoms with Crippen LogP contribution in [-0.4, -0.2) is 35.9 Å². The number of nitrogens with one attached hydrogen (secondary N) is 2. The Bertz CT molecular complexity index is 699. The van der Waals surface area contributed by atoms with Crippen molar-refractivity contribution in [3.63, 3.8) is 0 Å². The second-order valence-corrected chi connectivity index (χ2v) is 5.90. The van der Waals surface area contributed by atoms with Crippen molar-refractivity contribution in [3.05, 3.63) is 47.3 Å². The van der Waals surface area contributed by atoms with Crippen molar-refractivity contribution in [1.82, 2.24) is 20.4 Å². The van der Waals surface area contributed by atoms with Crippen LogP contribution in [-0.2, 0) is 13.1 Å². The first-order valence-electron chi connectivity index (χ1n) is 8.80. The highest BCUT2D eigenvalue weighted by Gasteiger charge is 2.04. The molecule has 0 fully saturated rings. The molecule has 0 bridgehead atoms. The van der Waals surface area contributed by atoms with Crippen molar-refractivity contribution < 1.29 is 4.74 Å². The third-order valence-electron chi connectivity index (χ3n) is 3.88. The fraction of sp³-hybridized carbons (Fsp3) is 0.474. The van der Waals surface area contributed by atoms with Crippen LogP contribution in [0.2, 0.25) is 0 Å². The fourth-order valence-electron chi connectivity index (χ4n) is 2.68. The van der Waals surface area contributed by atoms with E-state index in [9.17, 15) is 0 Å². The summed E-state index contributed by atoms with van der Waals surface area (Å²) in [6.07, 6.45) is 0.984. The first kappa shape index (κ1) is 22.3. The number of benzene rings is 1. The lowest BCUT2D eigenvalue weighted by Crippen LogP contribution is -2.37. The summed E-state index contributed by atoms with van der Waals surface area (Å²) < 4.78 is 7.70. The van der Waals surface area contributed by atoms with E-state index in [2.05, 4.69) is 39.8 Å². The van der Waals surface area contributed by atoms with Gasteiger partial charge in [0.15, 0.2) is 5.96 Å². The number of ether oxygens (including phenoxy) is 1. The predicted octanol–water partition coefficient (Wildman–Crippen LogP) is 3.27. The molecular weight excluding hydrogens is 441 g/mol. The monoisotopic (exact) mass is 471 g/mol. The number of halogens is 1. The molecule has 0 unspecified atom stereocenters. The zero-order valence-electron chi connectivity index (χ0n) is 16.1. The van der Waals surface area contributed by atoms with Crippen molar-refractivity contribution in [2.75, 3.05) is 20.2 Å². The number of nitrogens with zero attached hydrogens (tertiary/aromatic N) is 3. The molecular formula is C19H30IN5O. The third-order valence-corrected chi connectivity index (χ3v) is 3.88. The van der Waals surface area contributed by atoms with E-state index >= 15 is 0 Å². The van der Waals surface area contributed by atoms with Gasteiger partial charge in [-0.15, -0.1) is 24.0 Å². The summed E-state index contributed by atoms with van der Waals surface area (Å²) in [6, 6.07) is 10.2. The van der Waals surface area contributed by atoms with E-state index in [1.54, 1.807) is 7.05 Å². The number of aromatic nitrogens is 2. The number of rotatable bonds is 8. The van der Waals surface area contributed by atoms with Crippen LogP contribution < -0.4 is 15.4 Å². The van der Waals surface area contributed by atoms with Crippen LogP contribution in [0.1, 0.15) is 30.3 Å². The molecule has 1 aromatic carbocycles. The number of hydrogen-bond acceptors (Lipinski definition) is 3. The van der Waals surface area contributed by atoms with Crippen molar-refractivity contribution in [2.24, 2.45) is 4.99 Å². The summed E-state index contributed by atoms with van der Waals surface area (Å²) in [7, 11) is 1.78. The minimum absolute atomic E-state index is 0. The molecule has 0 saturated heterocycles. The van der Waals surface area contributed by atoms with E-state index in [0.29, 0.717) is 13.2 Å². The predicted molar refractivity (Wildman–Crippen MR) is 118 cm³/mol. The highest BCUT2D eigenvalue weighted by atomic mass is 127. The van der Waals surface area contributed by atoms with Gasteiger partial charge < -0.3 is 15.4 Å². The Hall–Kier alpha value is -1.77. The van der Waals surface area contributed by atoms with E-state index in [-0.39, 0.29) is 24.0 Å². The Morgan fingerprint density at radius 3 is 2.65 bits per heavy atom. The SMILES string of the molecule is CCOc1ccccc1CNC(=NC)NCCCn1nc(C)cc1C.I. The molecule has 26 heavy (non-hydrogen) atoms. The lowest BCUT2D eigenvalue weighted by atomic mass is 10.2. The molecule has 0 aliphatic rings. The van der Waals surface area contributed by atoms with Crippen LogP contribution in [0, 0.1) is 13.8 Å². The molecule has 0 aliphatic carbocycles. The standard InChI is InChI=1S/C19H29N5O.HI/c1-5-25-18-10-7-6-9-17(18)14-22-19(20-4)21-11-8-12-24-16(3)13-15(2)23-24;/h6-7,9-10,13H,5,8,11-12,14H2,1-4H3,(H2,20,21,22);1H. The minimum atomic E-state index is 0. The maximum Gasteiger partial charge on any atom is 0.191 e. The normalized spacial score (nSPS) is 11.0. The molecule has 144 valence electrons. The Kier molecular flexibility index (Phi) is 10.1. The Labute approximate surface area is 173 Å². The molecule has 0 spiro atoms. The van der Waals surface area contributed by atoms with Crippen LogP contribution in [0.15, 0.2) is 35.3 Å². The molecule has 2 N–H and O–H groups in total. The molecule has 2 aromatic rings. The van der Waals surface area contributed by atoms with Gasteiger partial charge in [-0.2, -0.15) is 5.10 Å². The van der Waals surface area contributed by atoms with E-state index < -0.39 is 0 Å². The molecule has 7 heteroatoms. The summed E-state index contributed by atoms with van der Waals surface area (Å²) in [5.41, 5.74) is 3.39. The molecule has 0 saturated carbocycles. The fourth-order valence-corrected chi connectivity index (χ4v) is 2.68. The van der Waals surface area contributed by atoms with Gasteiger partial charge in [0.1, 0.15) is 5.75 Å². The number of guanidine groups is 1. The van der Waals surface area contributed by atoms with E-state index in [1.165, 1.54) is 5.69 Å². The molecule has 0 radical (unpaired) electrons. The molecule has 0 atom stereocenters. The molecule has 0 aliphatic heterocycles. The van der Waals surface area contributed by atoms with Gasteiger partial charge in [-0.05, 0) is 39.3 Å². The zero-order chi connectivity index (χ0) is 18.1. The van der Waals surface area contributed by atoms with Gasteiger partial charge in [0.2, 0.25) is 0 Å². The van der Waals surface area contributed by atoms with Gasteiger partial charge in [0, 0.05) is 37.9 Å². The van der Waals surface area contributed by atoms with Gasteiger partial charge in [-0.25, -0.2) is 0 Å². The van der Waals surface area contributed by atoms with Crippen LogP contribution in [0.25, 0.3) is 0 Å². The maximum atomic E-state index is 5.65. The highest BCUT2D eigenvalue weighted by molar-refractivity contribution is 14.0. The topological polar surface area (TPSA) is 63.5 Å². The van der Waals surface area contributed by atoms with Crippen molar-refractivity contribution >= 4 is 29.9 Å². The van der Waals surface area contributed by atoms with Gasteiger partial charge >= 0.3 is 0 Å². The highest BCUT2D eigenvalue weighted by Crippen LogP contribution is 2.17. The van der Waals surface area contributed by atoms with Gasteiger partial charge in [0.25, 0.3) is 0 Å². The third kappa shape index (κ3) is 6.86. The molecule has 1 aromatic heterocycles. The number of hydrogen-bond donors (Lipinski definition) is 2. The van der Waals surface area contributed by atoms with E-state index in [1.807, 2.05) is 36.7 Å². The number of aryl methyl sites for hydroxylation is 3. The van der Waals surface area contributed by atoms with E-state index in [0.717, 1.165) is 42.5 Å². The summed E-state index contributed by atoms with van der Waals surface area (Å²) in [5.74, 6) is 1.71. The summed E-state index contributed by atoms with van der Waals surface area (Å²) in [6.45, 7) is 9.18. The summed E-state index contributed by atoms with van der Waals surface area (Å²) >= 11 is 0. The van der Waals surface area contributed by atoms with Crippen molar-refractivity contribution in [1.29, 1.82) is 0 Å². The van der Waals surface area contributed by atoms with Crippen LogP contribution in [0.4, 0.5) is 0 Å². The lowest BCUT2D eigenvalue weighted by molar-refractivity contribution is 0.336. The average molecular weight is 471 g/mol. The Morgan fingerprint density at radius 1 is 1.23 bits per heavy atom. The smallest absolute Gasteiger partial charge is 0.191 e. The number of aliphatic imine (C=N–C) groups is 1. The van der Waals surface area contributed by atoms with Gasteiger partial charge in [-0.1, -0.05) is 18.2 Å². The minimum Gasteiger partial charge on any atom is -0.494 e. The van der Waals surface area contributed by atoms with Gasteiger partial charge in [-0.3, -0.25) is 9.67 Å². The van der Waals surface area contributed by atoms with Crippen molar-refractivity contribution in [2.45, 2.75) is 40.3 Å². The van der Waals surface area contributed by atoms with Crippen LogP contribution in [0.3, 0.4) is 0 Å². The second kappa shape index (κ2) is 11.8. The summed E-state index contributed by atoms with van der Waals surface area (Å²) in [4.78, 5) is 4.28. The maximum absolute atomic E-state index is 5.65. The van der Waals surface area contributed by atoms with Crippen molar-refractivity contribution in [3.8, 4) is 5.75 Å². The first-order valence-corrected chi connectivity index (χ1v) is 8.80. The lowest BCUT2D eigenvalue weighted by Gasteiger charge is -2.14. The Morgan fingerprint density at radius 2 is 2.00 bits per heavy atom. The first-order chi connectivity index (χ1) is 12.1. The molecule has 0 amide bonds. The zero-order valence-corrected chi connectivity index (χ0v) is 18.4.